The predicted molar refractivity (Wildman–Crippen MR) is 102 cm³/mol. The summed E-state index contributed by atoms with van der Waals surface area (Å²) in [6, 6.07) is 14.0. The van der Waals surface area contributed by atoms with Crippen LogP contribution in [0.2, 0.25) is 0 Å². The molecule has 138 valence electrons. The highest BCUT2D eigenvalue weighted by Crippen LogP contribution is 2.30. The Morgan fingerprint density at radius 1 is 1.15 bits per heavy atom. The molecular formula is C20H20N4O3. The third kappa shape index (κ3) is 3.90. The number of nitriles is 1. The van der Waals surface area contributed by atoms with Gasteiger partial charge in [-0.15, -0.1) is 0 Å². The van der Waals surface area contributed by atoms with E-state index in [0.29, 0.717) is 37.4 Å². The maximum absolute atomic E-state index is 12.7. The van der Waals surface area contributed by atoms with Crippen molar-refractivity contribution in [3.63, 3.8) is 0 Å². The highest BCUT2D eigenvalue weighted by molar-refractivity contribution is 5.94. The molecular weight excluding hydrogens is 344 g/mol. The lowest BCUT2D eigenvalue weighted by Crippen LogP contribution is -2.49. The molecule has 0 atom stereocenters. The van der Waals surface area contributed by atoms with E-state index >= 15 is 0 Å². The highest BCUT2D eigenvalue weighted by atomic mass is 16.6. The van der Waals surface area contributed by atoms with Crippen LogP contribution >= 0.6 is 0 Å². The molecule has 0 unspecified atom stereocenters. The van der Waals surface area contributed by atoms with Crippen LogP contribution in [0.1, 0.15) is 28.4 Å². The molecule has 0 N–H and O–H groups in total. The van der Waals surface area contributed by atoms with Gasteiger partial charge in [-0.2, -0.15) is 5.26 Å². The molecule has 7 nitrogen and oxygen atoms in total. The van der Waals surface area contributed by atoms with E-state index in [9.17, 15) is 14.9 Å². The molecule has 0 aromatic heterocycles. The molecule has 1 amide bonds. The molecule has 0 radical (unpaired) electrons. The van der Waals surface area contributed by atoms with E-state index in [1.165, 1.54) is 11.6 Å². The number of anilines is 1. The summed E-state index contributed by atoms with van der Waals surface area (Å²) >= 11 is 0. The van der Waals surface area contributed by atoms with Crippen molar-refractivity contribution in [3.05, 3.63) is 69.3 Å². The summed E-state index contributed by atoms with van der Waals surface area (Å²) < 4.78 is 0. The molecule has 1 saturated heterocycles. The van der Waals surface area contributed by atoms with Crippen LogP contribution in [0, 0.1) is 21.4 Å². The largest absolute Gasteiger partial charge is 0.362 e. The second-order valence-corrected chi connectivity index (χ2v) is 6.40. The molecule has 0 aliphatic carbocycles. The zero-order chi connectivity index (χ0) is 19.4. The molecule has 2 aromatic carbocycles. The lowest BCUT2D eigenvalue weighted by Gasteiger charge is -2.35. The normalized spacial score (nSPS) is 13.9. The summed E-state index contributed by atoms with van der Waals surface area (Å²) in [5, 5.41) is 20.3. The number of aryl methyl sites for hydroxylation is 1. The van der Waals surface area contributed by atoms with Gasteiger partial charge in [0.1, 0.15) is 5.69 Å². The Morgan fingerprint density at radius 3 is 2.37 bits per heavy atom. The Balaban J connectivity index is 1.71. The summed E-state index contributed by atoms with van der Waals surface area (Å²) in [6.45, 7) is 4.06. The van der Waals surface area contributed by atoms with Gasteiger partial charge in [0.15, 0.2) is 0 Å². The van der Waals surface area contributed by atoms with Gasteiger partial charge in [-0.1, -0.05) is 19.1 Å². The zero-order valence-corrected chi connectivity index (χ0v) is 15.1. The molecule has 0 bridgehead atoms. The number of nitrogens with zero attached hydrogens (tertiary/aromatic N) is 4. The van der Waals surface area contributed by atoms with Crippen LogP contribution in [0.15, 0.2) is 42.5 Å². The minimum absolute atomic E-state index is 0.0216. The monoisotopic (exact) mass is 364 g/mol. The quantitative estimate of drug-likeness (QED) is 0.614. The molecule has 3 rings (SSSR count). The smallest absolute Gasteiger partial charge is 0.293 e. The van der Waals surface area contributed by atoms with Gasteiger partial charge in [0.25, 0.3) is 11.6 Å². The minimum Gasteiger partial charge on any atom is -0.362 e. The lowest BCUT2D eigenvalue weighted by molar-refractivity contribution is -0.384. The number of nitro groups is 1. The summed E-state index contributed by atoms with van der Waals surface area (Å²) in [4.78, 5) is 27.2. The standard InChI is InChI=1S/C20H20N4O3/c1-2-15-3-6-17(7-4-15)20(25)23-11-9-22(10-12-23)18-8-5-16(14-21)13-19(18)24(26)27/h3-8,13H,2,9-12H2,1H3. The van der Waals surface area contributed by atoms with Gasteiger partial charge in [-0.3, -0.25) is 14.9 Å². The summed E-state index contributed by atoms with van der Waals surface area (Å²) in [5.74, 6) is -0.0216. The van der Waals surface area contributed by atoms with E-state index < -0.39 is 4.92 Å². The molecule has 1 aliphatic heterocycles. The van der Waals surface area contributed by atoms with E-state index in [-0.39, 0.29) is 17.2 Å². The molecule has 0 spiro atoms. The lowest BCUT2D eigenvalue weighted by atomic mass is 10.1. The first kappa shape index (κ1) is 18.4. The number of hydrogen-bond acceptors (Lipinski definition) is 5. The molecule has 2 aromatic rings. The second kappa shape index (κ2) is 7.87. The number of carbonyl (C=O) groups excluding carboxylic acids is 1. The van der Waals surface area contributed by atoms with E-state index in [1.54, 1.807) is 17.0 Å². The van der Waals surface area contributed by atoms with Crippen molar-refractivity contribution in [1.29, 1.82) is 5.26 Å². The Labute approximate surface area is 157 Å². The summed E-state index contributed by atoms with van der Waals surface area (Å²) in [7, 11) is 0. The third-order valence-corrected chi connectivity index (χ3v) is 4.82. The van der Waals surface area contributed by atoms with Crippen LogP contribution in [0.5, 0.6) is 0 Å². The number of benzene rings is 2. The Hall–Kier alpha value is -3.40. The maximum atomic E-state index is 12.7. The van der Waals surface area contributed by atoms with Crippen molar-refractivity contribution >= 4 is 17.3 Å². The zero-order valence-electron chi connectivity index (χ0n) is 15.1. The number of piperazine rings is 1. The van der Waals surface area contributed by atoms with E-state index in [4.69, 9.17) is 5.26 Å². The molecule has 1 fully saturated rings. The van der Waals surface area contributed by atoms with Crippen molar-refractivity contribution in [3.8, 4) is 6.07 Å². The molecule has 27 heavy (non-hydrogen) atoms. The van der Waals surface area contributed by atoms with Crippen LogP contribution in [-0.2, 0) is 6.42 Å². The topological polar surface area (TPSA) is 90.5 Å². The van der Waals surface area contributed by atoms with Crippen molar-refractivity contribution in [2.24, 2.45) is 0 Å². The predicted octanol–water partition coefficient (Wildman–Crippen LogP) is 2.99. The third-order valence-electron chi connectivity index (χ3n) is 4.82. The fourth-order valence-corrected chi connectivity index (χ4v) is 3.22. The summed E-state index contributed by atoms with van der Waals surface area (Å²) in [5.41, 5.74) is 2.51. The fourth-order valence-electron chi connectivity index (χ4n) is 3.22. The number of rotatable bonds is 4. The number of nitro benzene ring substituents is 1. The first-order valence-electron chi connectivity index (χ1n) is 8.85. The van der Waals surface area contributed by atoms with Gasteiger partial charge in [-0.25, -0.2) is 0 Å². The first-order valence-corrected chi connectivity index (χ1v) is 8.85. The van der Waals surface area contributed by atoms with Crippen LogP contribution < -0.4 is 4.90 Å². The molecule has 7 heteroatoms. The highest BCUT2D eigenvalue weighted by Gasteiger charge is 2.26. The Bertz CT molecular complexity index is 894. The van der Waals surface area contributed by atoms with E-state index in [1.807, 2.05) is 35.2 Å². The number of hydrogen-bond donors (Lipinski definition) is 0. The van der Waals surface area contributed by atoms with Gasteiger partial charge < -0.3 is 9.80 Å². The Morgan fingerprint density at radius 2 is 1.81 bits per heavy atom. The second-order valence-electron chi connectivity index (χ2n) is 6.40. The Kier molecular flexibility index (Phi) is 5.36. The summed E-state index contributed by atoms with van der Waals surface area (Å²) in [6.07, 6.45) is 0.927. The van der Waals surface area contributed by atoms with Gasteiger partial charge in [0.05, 0.1) is 16.6 Å². The average molecular weight is 364 g/mol. The van der Waals surface area contributed by atoms with Gasteiger partial charge in [-0.05, 0) is 36.2 Å². The van der Waals surface area contributed by atoms with Crippen LogP contribution in [0.3, 0.4) is 0 Å². The van der Waals surface area contributed by atoms with Crippen molar-refractivity contribution < 1.29 is 9.72 Å². The number of carbonyl (C=O) groups is 1. The van der Waals surface area contributed by atoms with E-state index in [0.717, 1.165) is 6.42 Å². The molecule has 1 heterocycles. The molecule has 1 aliphatic rings. The van der Waals surface area contributed by atoms with Crippen LogP contribution in [-0.4, -0.2) is 41.9 Å². The maximum Gasteiger partial charge on any atom is 0.293 e. The van der Waals surface area contributed by atoms with Crippen molar-refractivity contribution in [2.45, 2.75) is 13.3 Å². The van der Waals surface area contributed by atoms with Crippen LogP contribution in [0.4, 0.5) is 11.4 Å². The fraction of sp³-hybridized carbons (Fsp3) is 0.300. The van der Waals surface area contributed by atoms with Crippen molar-refractivity contribution in [1.82, 2.24) is 4.90 Å². The van der Waals surface area contributed by atoms with Gasteiger partial charge in [0.2, 0.25) is 0 Å². The van der Waals surface area contributed by atoms with Gasteiger partial charge in [0, 0.05) is 37.8 Å². The molecule has 0 saturated carbocycles. The minimum atomic E-state index is -0.469. The van der Waals surface area contributed by atoms with Crippen molar-refractivity contribution in [2.75, 3.05) is 31.1 Å². The average Bonchev–Trinajstić information content (AvgIpc) is 2.73. The van der Waals surface area contributed by atoms with Gasteiger partial charge >= 0.3 is 0 Å². The van der Waals surface area contributed by atoms with Crippen LogP contribution in [0.25, 0.3) is 0 Å². The SMILES string of the molecule is CCc1ccc(C(=O)N2CCN(c3ccc(C#N)cc3[N+](=O)[O-])CC2)cc1. The number of amides is 1. The van der Waals surface area contributed by atoms with E-state index in [2.05, 4.69) is 6.92 Å². The first-order chi connectivity index (χ1) is 13.0.